The summed E-state index contributed by atoms with van der Waals surface area (Å²) in [4.78, 5) is 23.6. The van der Waals surface area contributed by atoms with Crippen LogP contribution in [0.25, 0.3) is 0 Å². The number of hydrazone groups is 1. The molecule has 8 heteroatoms. The molecule has 2 aromatic rings. The van der Waals surface area contributed by atoms with Crippen LogP contribution in [0.4, 0.5) is 10.5 Å². The number of methoxy groups -OCH3 is 1. The van der Waals surface area contributed by atoms with E-state index in [0.717, 1.165) is 24.1 Å². The fourth-order valence-corrected chi connectivity index (χ4v) is 3.16. The number of nitrogens with one attached hydrogen (secondary N) is 1. The van der Waals surface area contributed by atoms with E-state index in [2.05, 4.69) is 10.4 Å². The number of carbonyl (C=O) groups is 2. The minimum atomic E-state index is -1.15. The SMILES string of the molecule is COc1ccc(C2=NN(C(=O)c3ccc(NC(=O)O)cc3)CCC2)cc1OC(C)C. The summed E-state index contributed by atoms with van der Waals surface area (Å²) < 4.78 is 11.2. The van der Waals surface area contributed by atoms with Crippen molar-refractivity contribution in [1.82, 2.24) is 5.01 Å². The van der Waals surface area contributed by atoms with Crippen molar-refractivity contribution in [3.63, 3.8) is 0 Å². The van der Waals surface area contributed by atoms with Gasteiger partial charge in [-0.25, -0.2) is 9.80 Å². The van der Waals surface area contributed by atoms with Crippen molar-refractivity contribution in [3.05, 3.63) is 53.6 Å². The first kappa shape index (κ1) is 21.2. The van der Waals surface area contributed by atoms with Gasteiger partial charge < -0.3 is 14.6 Å². The molecule has 0 aromatic heterocycles. The summed E-state index contributed by atoms with van der Waals surface area (Å²) >= 11 is 0. The average molecular weight is 411 g/mol. The van der Waals surface area contributed by atoms with Gasteiger partial charge in [-0.05, 0) is 69.2 Å². The number of hydrogen-bond acceptors (Lipinski definition) is 5. The smallest absolute Gasteiger partial charge is 0.409 e. The summed E-state index contributed by atoms with van der Waals surface area (Å²) in [6.45, 7) is 4.41. The van der Waals surface area contributed by atoms with E-state index >= 15 is 0 Å². The van der Waals surface area contributed by atoms with Crippen LogP contribution in [0.5, 0.6) is 11.5 Å². The first-order chi connectivity index (χ1) is 14.4. The average Bonchev–Trinajstić information content (AvgIpc) is 2.73. The number of nitrogens with zero attached hydrogens (tertiary/aromatic N) is 2. The molecule has 0 saturated carbocycles. The van der Waals surface area contributed by atoms with Crippen molar-refractivity contribution in [1.29, 1.82) is 0 Å². The number of rotatable bonds is 6. The maximum Gasteiger partial charge on any atom is 0.409 e. The molecule has 158 valence electrons. The molecular formula is C22H25N3O5. The molecular weight excluding hydrogens is 386 g/mol. The molecule has 2 aromatic carbocycles. The van der Waals surface area contributed by atoms with E-state index < -0.39 is 6.09 Å². The summed E-state index contributed by atoms with van der Waals surface area (Å²) in [6, 6.07) is 11.9. The highest BCUT2D eigenvalue weighted by Gasteiger charge is 2.21. The molecule has 1 aliphatic rings. The number of anilines is 1. The molecule has 0 bridgehead atoms. The Morgan fingerprint density at radius 3 is 2.50 bits per heavy atom. The van der Waals surface area contributed by atoms with Gasteiger partial charge in [0, 0.05) is 23.4 Å². The standard InChI is InChI=1S/C22H25N3O5/c1-14(2)30-20-13-16(8-11-19(20)29-3)18-5-4-12-25(24-18)21(26)15-6-9-17(10-7-15)23-22(27)28/h6-11,13-14,23H,4-5,12H2,1-3H3,(H,27,28). The second kappa shape index (κ2) is 9.30. The van der Waals surface area contributed by atoms with Crippen LogP contribution in [-0.2, 0) is 0 Å². The van der Waals surface area contributed by atoms with Crippen molar-refractivity contribution in [2.24, 2.45) is 5.10 Å². The zero-order valence-electron chi connectivity index (χ0n) is 17.2. The van der Waals surface area contributed by atoms with Crippen LogP contribution < -0.4 is 14.8 Å². The molecule has 0 spiro atoms. The largest absolute Gasteiger partial charge is 0.493 e. The zero-order valence-corrected chi connectivity index (χ0v) is 17.2. The van der Waals surface area contributed by atoms with Crippen molar-refractivity contribution in [2.45, 2.75) is 32.8 Å². The van der Waals surface area contributed by atoms with Crippen molar-refractivity contribution >= 4 is 23.4 Å². The molecule has 0 saturated heterocycles. The number of ether oxygens (including phenoxy) is 2. The molecule has 2 amide bonds. The fraction of sp³-hybridized carbons (Fsp3) is 0.318. The lowest BCUT2D eigenvalue weighted by Gasteiger charge is -2.24. The molecule has 0 aliphatic carbocycles. The summed E-state index contributed by atoms with van der Waals surface area (Å²) in [5, 5.41) is 17.0. The highest BCUT2D eigenvalue weighted by molar-refractivity contribution is 6.03. The molecule has 3 rings (SSSR count). The lowest BCUT2D eigenvalue weighted by molar-refractivity contribution is 0.0751. The van der Waals surface area contributed by atoms with E-state index in [9.17, 15) is 9.59 Å². The summed E-state index contributed by atoms with van der Waals surface area (Å²) in [6.07, 6.45) is 0.382. The van der Waals surface area contributed by atoms with Gasteiger partial charge in [0.25, 0.3) is 5.91 Å². The second-order valence-corrected chi connectivity index (χ2v) is 7.12. The van der Waals surface area contributed by atoms with Crippen LogP contribution in [0.15, 0.2) is 47.6 Å². The number of carboxylic acid groups (broad SMARTS) is 1. The summed E-state index contributed by atoms with van der Waals surface area (Å²) in [7, 11) is 1.60. The van der Waals surface area contributed by atoms with E-state index in [0.29, 0.717) is 29.3 Å². The Labute approximate surface area is 175 Å². The van der Waals surface area contributed by atoms with Crippen LogP contribution in [0.3, 0.4) is 0 Å². The fourth-order valence-electron chi connectivity index (χ4n) is 3.16. The van der Waals surface area contributed by atoms with E-state index in [1.54, 1.807) is 31.4 Å². The van der Waals surface area contributed by atoms with Crippen molar-refractivity contribution in [3.8, 4) is 11.5 Å². The van der Waals surface area contributed by atoms with Gasteiger partial charge in [0.15, 0.2) is 11.5 Å². The lowest BCUT2D eigenvalue weighted by Crippen LogP contribution is -2.32. The molecule has 1 heterocycles. The Kier molecular flexibility index (Phi) is 6.56. The van der Waals surface area contributed by atoms with Gasteiger partial charge in [0.2, 0.25) is 0 Å². The predicted molar refractivity (Wildman–Crippen MR) is 114 cm³/mol. The molecule has 0 fully saturated rings. The van der Waals surface area contributed by atoms with Gasteiger partial charge in [0.1, 0.15) is 0 Å². The predicted octanol–water partition coefficient (Wildman–Crippen LogP) is 4.21. The topological polar surface area (TPSA) is 100 Å². The number of carbonyl (C=O) groups excluding carboxylic acids is 1. The van der Waals surface area contributed by atoms with Crippen LogP contribution in [-0.4, -0.2) is 47.6 Å². The van der Waals surface area contributed by atoms with E-state index in [4.69, 9.17) is 14.6 Å². The third-order valence-electron chi connectivity index (χ3n) is 4.50. The van der Waals surface area contributed by atoms with E-state index in [-0.39, 0.29) is 12.0 Å². The molecule has 8 nitrogen and oxygen atoms in total. The monoisotopic (exact) mass is 411 g/mol. The van der Waals surface area contributed by atoms with Gasteiger partial charge in [0.05, 0.1) is 18.9 Å². The van der Waals surface area contributed by atoms with Crippen LogP contribution in [0.1, 0.15) is 42.6 Å². The van der Waals surface area contributed by atoms with Crippen LogP contribution >= 0.6 is 0 Å². The second-order valence-electron chi connectivity index (χ2n) is 7.12. The first-order valence-corrected chi connectivity index (χ1v) is 9.72. The molecule has 2 N–H and O–H groups in total. The number of hydrogen-bond donors (Lipinski definition) is 2. The lowest BCUT2D eigenvalue weighted by atomic mass is 10.0. The van der Waals surface area contributed by atoms with Gasteiger partial charge in [-0.1, -0.05) is 0 Å². The Morgan fingerprint density at radius 1 is 1.13 bits per heavy atom. The zero-order chi connectivity index (χ0) is 21.7. The molecule has 30 heavy (non-hydrogen) atoms. The Balaban J connectivity index is 1.82. The highest BCUT2D eigenvalue weighted by atomic mass is 16.5. The third-order valence-corrected chi connectivity index (χ3v) is 4.50. The quantitative estimate of drug-likeness (QED) is 0.741. The van der Waals surface area contributed by atoms with E-state index in [1.807, 2.05) is 32.0 Å². The Bertz CT molecular complexity index is 954. The third kappa shape index (κ3) is 5.08. The van der Waals surface area contributed by atoms with Gasteiger partial charge >= 0.3 is 6.09 Å². The van der Waals surface area contributed by atoms with Crippen molar-refractivity contribution in [2.75, 3.05) is 19.0 Å². The normalized spacial score (nSPS) is 13.6. The van der Waals surface area contributed by atoms with Crippen molar-refractivity contribution < 1.29 is 24.2 Å². The van der Waals surface area contributed by atoms with Gasteiger partial charge in [-0.15, -0.1) is 0 Å². The van der Waals surface area contributed by atoms with E-state index in [1.165, 1.54) is 5.01 Å². The summed E-state index contributed by atoms with van der Waals surface area (Å²) in [5.74, 6) is 1.05. The molecule has 0 radical (unpaired) electrons. The maximum atomic E-state index is 12.9. The minimum absolute atomic E-state index is 0.000825. The molecule has 0 atom stereocenters. The highest BCUT2D eigenvalue weighted by Crippen LogP contribution is 2.30. The van der Waals surface area contributed by atoms with Gasteiger partial charge in [-0.3, -0.25) is 10.1 Å². The Hall–Kier alpha value is -3.55. The van der Waals surface area contributed by atoms with Crippen LogP contribution in [0, 0.1) is 0 Å². The minimum Gasteiger partial charge on any atom is -0.493 e. The summed E-state index contributed by atoms with van der Waals surface area (Å²) in [5.41, 5.74) is 2.52. The molecule has 0 unspecified atom stereocenters. The van der Waals surface area contributed by atoms with Crippen LogP contribution in [0.2, 0.25) is 0 Å². The first-order valence-electron chi connectivity index (χ1n) is 9.72. The number of benzene rings is 2. The van der Waals surface area contributed by atoms with Gasteiger partial charge in [-0.2, -0.15) is 5.10 Å². The number of amides is 2. The maximum absolute atomic E-state index is 12.9. The Morgan fingerprint density at radius 2 is 1.87 bits per heavy atom. The molecule has 1 aliphatic heterocycles.